The molecule has 1 aliphatic heterocycles. The fourth-order valence-corrected chi connectivity index (χ4v) is 2.71. The predicted octanol–water partition coefficient (Wildman–Crippen LogP) is 2.42. The smallest absolute Gasteiger partial charge is 0.255 e. The molecule has 4 heterocycles. The Hall–Kier alpha value is -2.54. The minimum Gasteiger partial charge on any atom is -0.368 e. The Morgan fingerprint density at radius 2 is 2.22 bits per heavy atom. The van der Waals surface area contributed by atoms with Gasteiger partial charge in [0.15, 0.2) is 11.6 Å². The van der Waals surface area contributed by atoms with Crippen LogP contribution >= 0.6 is 0 Å². The lowest BCUT2D eigenvalue weighted by Crippen LogP contribution is -2.04. The Kier molecular flexibility index (Phi) is 3.85. The van der Waals surface area contributed by atoms with Crippen molar-refractivity contribution in [3.05, 3.63) is 48.5 Å². The number of aryl methyl sites for hydroxylation is 2. The van der Waals surface area contributed by atoms with Gasteiger partial charge in [0.2, 0.25) is 0 Å². The number of aromatic nitrogens is 5. The summed E-state index contributed by atoms with van der Waals surface area (Å²) in [6.45, 7) is 1.49. The summed E-state index contributed by atoms with van der Waals surface area (Å²) in [6, 6.07) is 5.79. The van der Waals surface area contributed by atoms with E-state index >= 15 is 0 Å². The van der Waals surface area contributed by atoms with E-state index in [4.69, 9.17) is 9.26 Å². The van der Waals surface area contributed by atoms with Crippen LogP contribution in [0.15, 0.2) is 41.3 Å². The van der Waals surface area contributed by atoms with Crippen LogP contribution in [0.25, 0.3) is 11.5 Å². The molecule has 0 unspecified atom stereocenters. The fraction of sp³-hybridized carbons (Fsp3) is 0.375. The zero-order valence-electron chi connectivity index (χ0n) is 12.6. The molecule has 3 aromatic rings. The highest BCUT2D eigenvalue weighted by Gasteiger charge is 2.23. The molecule has 3 aromatic heterocycles. The molecule has 0 amide bonds. The van der Waals surface area contributed by atoms with Gasteiger partial charge in [0.1, 0.15) is 11.8 Å². The monoisotopic (exact) mass is 311 g/mol. The van der Waals surface area contributed by atoms with Gasteiger partial charge in [-0.2, -0.15) is 4.98 Å². The third kappa shape index (κ3) is 3.00. The van der Waals surface area contributed by atoms with Gasteiger partial charge in [0, 0.05) is 38.2 Å². The van der Waals surface area contributed by atoms with Gasteiger partial charge in [-0.1, -0.05) is 11.2 Å². The molecule has 1 fully saturated rings. The quantitative estimate of drug-likeness (QED) is 0.720. The van der Waals surface area contributed by atoms with Gasteiger partial charge < -0.3 is 13.8 Å². The van der Waals surface area contributed by atoms with Gasteiger partial charge in [0.05, 0.1) is 0 Å². The van der Waals surface area contributed by atoms with Crippen molar-refractivity contribution >= 4 is 0 Å². The maximum atomic E-state index is 5.56. The van der Waals surface area contributed by atoms with E-state index in [1.807, 2.05) is 29.0 Å². The number of hydrogen-bond donors (Lipinski definition) is 0. The number of rotatable bonds is 5. The second kappa shape index (κ2) is 6.29. The molecule has 7 nitrogen and oxygen atoms in total. The first-order chi connectivity index (χ1) is 11.4. The predicted molar refractivity (Wildman–Crippen MR) is 81.4 cm³/mol. The van der Waals surface area contributed by atoms with Crippen molar-refractivity contribution in [1.29, 1.82) is 0 Å². The second-order valence-corrected chi connectivity index (χ2v) is 5.46. The molecular weight excluding hydrogens is 294 g/mol. The fourth-order valence-electron chi connectivity index (χ4n) is 2.71. The maximum Gasteiger partial charge on any atom is 0.255 e. The van der Waals surface area contributed by atoms with Crippen molar-refractivity contribution in [3.8, 4) is 11.5 Å². The Balaban J connectivity index is 1.45. The Bertz CT molecular complexity index is 762. The van der Waals surface area contributed by atoms with Crippen molar-refractivity contribution in [3.63, 3.8) is 0 Å². The molecule has 0 saturated carbocycles. The van der Waals surface area contributed by atoms with Crippen LogP contribution in [0.1, 0.15) is 30.7 Å². The average molecular weight is 311 g/mol. The van der Waals surface area contributed by atoms with E-state index in [-0.39, 0.29) is 6.10 Å². The highest BCUT2D eigenvalue weighted by atomic mass is 16.5. The summed E-state index contributed by atoms with van der Waals surface area (Å²) in [6.07, 6.45) is 8.11. The van der Waals surface area contributed by atoms with E-state index in [9.17, 15) is 0 Å². The molecular formula is C16H17N5O2. The normalized spacial score (nSPS) is 17.7. The molecule has 1 aliphatic rings. The van der Waals surface area contributed by atoms with E-state index < -0.39 is 0 Å². The van der Waals surface area contributed by atoms with Gasteiger partial charge in [-0.25, -0.2) is 4.98 Å². The summed E-state index contributed by atoms with van der Waals surface area (Å²) in [7, 11) is 0. The Morgan fingerprint density at radius 1 is 1.22 bits per heavy atom. The Morgan fingerprint density at radius 3 is 3.04 bits per heavy atom. The van der Waals surface area contributed by atoms with E-state index in [1.165, 1.54) is 0 Å². The molecule has 118 valence electrons. The highest BCUT2D eigenvalue weighted by molar-refractivity contribution is 5.48. The van der Waals surface area contributed by atoms with Crippen LogP contribution in [0.2, 0.25) is 0 Å². The number of nitrogens with zero attached hydrogens (tertiary/aromatic N) is 5. The van der Waals surface area contributed by atoms with Crippen LogP contribution in [-0.4, -0.2) is 31.3 Å². The van der Waals surface area contributed by atoms with Crippen LogP contribution in [0.5, 0.6) is 0 Å². The van der Waals surface area contributed by atoms with E-state index in [2.05, 4.69) is 20.1 Å². The molecule has 0 aromatic carbocycles. The molecule has 0 spiro atoms. The third-order valence-electron chi connectivity index (χ3n) is 3.87. The summed E-state index contributed by atoms with van der Waals surface area (Å²) in [5, 5.41) is 4.05. The van der Waals surface area contributed by atoms with Crippen LogP contribution in [0.3, 0.4) is 0 Å². The van der Waals surface area contributed by atoms with Crippen LogP contribution in [-0.2, 0) is 17.7 Å². The summed E-state index contributed by atoms with van der Waals surface area (Å²) < 4.78 is 12.9. The van der Waals surface area contributed by atoms with Crippen LogP contribution in [0, 0.1) is 0 Å². The van der Waals surface area contributed by atoms with Gasteiger partial charge in [-0.3, -0.25) is 4.98 Å². The highest BCUT2D eigenvalue weighted by Crippen LogP contribution is 2.27. The van der Waals surface area contributed by atoms with E-state index in [1.54, 1.807) is 12.4 Å². The van der Waals surface area contributed by atoms with Crippen molar-refractivity contribution < 1.29 is 9.26 Å². The minimum atomic E-state index is -0.0337. The molecule has 0 bridgehead atoms. The SMILES string of the molecule is c1ccc(-c2nccn2CCc2noc([C@H]3CCCO3)n2)nc1. The van der Waals surface area contributed by atoms with E-state index in [0.717, 1.165) is 37.5 Å². The van der Waals surface area contributed by atoms with Crippen LogP contribution < -0.4 is 0 Å². The topological polar surface area (TPSA) is 78.9 Å². The average Bonchev–Trinajstić information content (AvgIpc) is 3.33. The maximum absolute atomic E-state index is 5.56. The second-order valence-electron chi connectivity index (χ2n) is 5.46. The lowest BCUT2D eigenvalue weighted by Gasteiger charge is -2.05. The Labute approximate surface area is 133 Å². The molecule has 4 rings (SSSR count). The van der Waals surface area contributed by atoms with Crippen molar-refractivity contribution in [2.45, 2.75) is 31.9 Å². The first-order valence-corrected chi connectivity index (χ1v) is 7.77. The largest absolute Gasteiger partial charge is 0.368 e. The van der Waals surface area contributed by atoms with Crippen molar-refractivity contribution in [2.75, 3.05) is 6.61 Å². The summed E-state index contributed by atoms with van der Waals surface area (Å²) in [4.78, 5) is 13.2. The summed E-state index contributed by atoms with van der Waals surface area (Å²) >= 11 is 0. The van der Waals surface area contributed by atoms with Gasteiger partial charge in [0.25, 0.3) is 5.89 Å². The molecule has 0 N–H and O–H groups in total. The van der Waals surface area contributed by atoms with Crippen LogP contribution in [0.4, 0.5) is 0 Å². The number of hydrogen-bond acceptors (Lipinski definition) is 6. The minimum absolute atomic E-state index is 0.0337. The molecule has 0 radical (unpaired) electrons. The first kappa shape index (κ1) is 14.1. The number of imidazole rings is 1. The number of ether oxygens (including phenoxy) is 1. The van der Waals surface area contributed by atoms with E-state index in [0.29, 0.717) is 18.1 Å². The first-order valence-electron chi connectivity index (χ1n) is 7.77. The van der Waals surface area contributed by atoms with Crippen molar-refractivity contribution in [1.82, 2.24) is 24.7 Å². The zero-order valence-corrected chi connectivity index (χ0v) is 12.6. The molecule has 1 atom stereocenters. The third-order valence-corrected chi connectivity index (χ3v) is 3.87. The van der Waals surface area contributed by atoms with Gasteiger partial charge in [-0.15, -0.1) is 0 Å². The summed E-state index contributed by atoms with van der Waals surface area (Å²) in [5.41, 5.74) is 0.852. The molecule has 23 heavy (non-hydrogen) atoms. The summed E-state index contributed by atoms with van der Waals surface area (Å²) in [5.74, 6) is 2.12. The van der Waals surface area contributed by atoms with Gasteiger partial charge in [-0.05, 0) is 25.0 Å². The van der Waals surface area contributed by atoms with Gasteiger partial charge >= 0.3 is 0 Å². The van der Waals surface area contributed by atoms with Crippen molar-refractivity contribution in [2.24, 2.45) is 0 Å². The number of pyridine rings is 1. The molecule has 0 aliphatic carbocycles. The lowest BCUT2D eigenvalue weighted by molar-refractivity contribution is 0.0835. The molecule has 1 saturated heterocycles. The molecule has 7 heteroatoms. The standard InChI is InChI=1S/C16H17N5O2/c1-2-7-17-12(4-1)15-18-8-10-21(15)9-6-14-19-16(23-20-14)13-5-3-11-22-13/h1-2,4,7-8,10,13H,3,5-6,9,11H2/t13-/m1/s1. The zero-order chi connectivity index (χ0) is 15.5. The lowest BCUT2D eigenvalue weighted by atomic mass is 10.2.